The van der Waals surface area contributed by atoms with Gasteiger partial charge in [-0.1, -0.05) is 6.92 Å². The lowest BCUT2D eigenvalue weighted by molar-refractivity contribution is 0.311. The first-order valence-corrected chi connectivity index (χ1v) is 7.12. The molecule has 0 atom stereocenters. The first-order chi connectivity index (χ1) is 8.65. The largest absolute Gasteiger partial charge is 0.372 e. The lowest BCUT2D eigenvalue weighted by Crippen LogP contribution is -2.45. The van der Waals surface area contributed by atoms with Crippen LogP contribution in [0.1, 0.15) is 12.6 Å². The summed E-state index contributed by atoms with van der Waals surface area (Å²) in [5.74, 6) is 1.71. The summed E-state index contributed by atoms with van der Waals surface area (Å²) in [6.07, 6.45) is 0.901. The Balaban J connectivity index is 2.27. The minimum Gasteiger partial charge on any atom is -0.372 e. The highest BCUT2D eigenvalue weighted by Crippen LogP contribution is 2.26. The minimum atomic E-state index is 0.840. The number of halogens is 1. The van der Waals surface area contributed by atoms with Gasteiger partial charge in [-0.05, 0) is 29.4 Å². The van der Waals surface area contributed by atoms with Gasteiger partial charge < -0.3 is 15.1 Å². The molecule has 1 N–H and O–H groups in total. The van der Waals surface area contributed by atoms with Crippen molar-refractivity contribution in [2.75, 3.05) is 50.5 Å². The van der Waals surface area contributed by atoms with E-state index in [1.807, 2.05) is 7.05 Å². The molecule has 1 aromatic rings. The molecule has 0 aliphatic carbocycles. The Bertz CT molecular complexity index is 390. The fourth-order valence-corrected chi connectivity index (χ4v) is 2.68. The fourth-order valence-electron chi connectivity index (χ4n) is 2.03. The molecule has 1 aliphatic rings. The summed E-state index contributed by atoms with van der Waals surface area (Å²) in [6.45, 7) is 6.22. The molecule has 2 rings (SSSR count). The third-order valence-electron chi connectivity index (χ3n) is 3.27. The van der Waals surface area contributed by atoms with E-state index in [0.29, 0.717) is 0 Å². The first kappa shape index (κ1) is 13.5. The third kappa shape index (κ3) is 2.75. The normalized spacial score (nSPS) is 17.0. The van der Waals surface area contributed by atoms with Gasteiger partial charge in [-0.2, -0.15) is 4.98 Å². The summed E-state index contributed by atoms with van der Waals surface area (Å²) >= 11 is 3.56. The molecule has 1 saturated heterocycles. The van der Waals surface area contributed by atoms with E-state index in [-0.39, 0.29) is 0 Å². The van der Waals surface area contributed by atoms with Crippen LogP contribution in [0.3, 0.4) is 0 Å². The lowest BCUT2D eigenvalue weighted by atomic mass is 10.3. The van der Waals surface area contributed by atoms with Crippen molar-refractivity contribution in [1.29, 1.82) is 0 Å². The quantitative estimate of drug-likeness (QED) is 0.918. The predicted molar refractivity (Wildman–Crippen MR) is 78.4 cm³/mol. The zero-order valence-electron chi connectivity index (χ0n) is 11.2. The Morgan fingerprint density at radius 1 is 1.22 bits per heavy atom. The Kier molecular flexibility index (Phi) is 4.40. The van der Waals surface area contributed by atoms with Gasteiger partial charge in [-0.25, -0.2) is 4.98 Å². The zero-order chi connectivity index (χ0) is 13.1. The molecule has 0 radical (unpaired) electrons. The number of piperazine rings is 1. The molecule has 0 spiro atoms. The second-order valence-electron chi connectivity index (χ2n) is 4.53. The van der Waals surface area contributed by atoms with Crippen molar-refractivity contribution in [3.63, 3.8) is 0 Å². The molecule has 0 unspecified atom stereocenters. The molecule has 1 aliphatic heterocycles. The summed E-state index contributed by atoms with van der Waals surface area (Å²) in [4.78, 5) is 13.8. The van der Waals surface area contributed by atoms with E-state index in [1.165, 1.54) is 0 Å². The van der Waals surface area contributed by atoms with Crippen molar-refractivity contribution < 1.29 is 0 Å². The van der Waals surface area contributed by atoms with E-state index in [9.17, 15) is 0 Å². The van der Waals surface area contributed by atoms with E-state index >= 15 is 0 Å². The van der Waals surface area contributed by atoms with Crippen molar-refractivity contribution in [3.8, 4) is 0 Å². The number of likely N-dealkylation sites (N-methyl/N-ethyl adjacent to an activating group) is 1. The average Bonchev–Trinajstić information content (AvgIpc) is 2.40. The topological polar surface area (TPSA) is 44.3 Å². The third-order valence-corrected chi connectivity index (χ3v) is 4.10. The number of aromatic nitrogens is 2. The number of anilines is 2. The smallest absolute Gasteiger partial charge is 0.227 e. The molecule has 0 bridgehead atoms. The van der Waals surface area contributed by atoms with Crippen LogP contribution in [0.4, 0.5) is 11.8 Å². The Morgan fingerprint density at radius 2 is 1.89 bits per heavy atom. The van der Waals surface area contributed by atoms with Gasteiger partial charge in [0.05, 0.1) is 10.2 Å². The molecule has 0 aromatic carbocycles. The standard InChI is InChI=1S/C12H20BrN5/c1-4-9-10(13)11(14-2)16-12(15-9)18-7-5-17(3)6-8-18/h4-8H2,1-3H3,(H,14,15,16). The van der Waals surface area contributed by atoms with Crippen molar-refractivity contribution >= 4 is 27.7 Å². The van der Waals surface area contributed by atoms with Gasteiger partial charge in [0.15, 0.2) is 0 Å². The lowest BCUT2D eigenvalue weighted by Gasteiger charge is -2.32. The fraction of sp³-hybridized carbons (Fsp3) is 0.667. The van der Waals surface area contributed by atoms with Gasteiger partial charge in [0.2, 0.25) is 5.95 Å². The minimum absolute atomic E-state index is 0.840. The highest BCUT2D eigenvalue weighted by atomic mass is 79.9. The number of hydrogen-bond donors (Lipinski definition) is 1. The van der Waals surface area contributed by atoms with E-state index in [1.54, 1.807) is 0 Å². The van der Waals surface area contributed by atoms with E-state index < -0.39 is 0 Å². The van der Waals surface area contributed by atoms with E-state index in [2.05, 4.69) is 55.0 Å². The van der Waals surface area contributed by atoms with E-state index in [0.717, 1.165) is 54.5 Å². The Morgan fingerprint density at radius 3 is 2.44 bits per heavy atom. The SMILES string of the molecule is CCc1nc(N2CCN(C)CC2)nc(NC)c1Br. The monoisotopic (exact) mass is 313 g/mol. The summed E-state index contributed by atoms with van der Waals surface area (Å²) in [7, 11) is 4.04. The van der Waals surface area contributed by atoms with Crippen molar-refractivity contribution in [1.82, 2.24) is 14.9 Å². The summed E-state index contributed by atoms with van der Waals surface area (Å²) in [6, 6.07) is 0. The Hall–Kier alpha value is -0.880. The van der Waals surface area contributed by atoms with Crippen LogP contribution in [-0.2, 0) is 6.42 Å². The highest BCUT2D eigenvalue weighted by molar-refractivity contribution is 9.10. The molecule has 6 heteroatoms. The van der Waals surface area contributed by atoms with Gasteiger partial charge in [-0.15, -0.1) is 0 Å². The molecule has 1 aromatic heterocycles. The van der Waals surface area contributed by atoms with Gasteiger partial charge in [0.1, 0.15) is 5.82 Å². The number of rotatable bonds is 3. The van der Waals surface area contributed by atoms with Crippen molar-refractivity contribution in [2.45, 2.75) is 13.3 Å². The molecule has 100 valence electrons. The molecule has 18 heavy (non-hydrogen) atoms. The zero-order valence-corrected chi connectivity index (χ0v) is 12.8. The second kappa shape index (κ2) is 5.84. The van der Waals surface area contributed by atoms with Gasteiger partial charge >= 0.3 is 0 Å². The van der Waals surface area contributed by atoms with Crippen LogP contribution in [-0.4, -0.2) is 55.1 Å². The van der Waals surface area contributed by atoms with Crippen LogP contribution in [0.2, 0.25) is 0 Å². The average molecular weight is 314 g/mol. The van der Waals surface area contributed by atoms with Crippen LogP contribution in [0.15, 0.2) is 4.47 Å². The van der Waals surface area contributed by atoms with E-state index in [4.69, 9.17) is 0 Å². The van der Waals surface area contributed by atoms with Crippen LogP contribution in [0.25, 0.3) is 0 Å². The molecule has 5 nitrogen and oxygen atoms in total. The van der Waals surface area contributed by atoms with Crippen LogP contribution < -0.4 is 10.2 Å². The van der Waals surface area contributed by atoms with Gasteiger partial charge in [-0.3, -0.25) is 0 Å². The van der Waals surface area contributed by atoms with Gasteiger partial charge in [0, 0.05) is 33.2 Å². The number of aryl methyl sites for hydroxylation is 1. The number of nitrogens with one attached hydrogen (secondary N) is 1. The first-order valence-electron chi connectivity index (χ1n) is 6.33. The second-order valence-corrected chi connectivity index (χ2v) is 5.32. The summed E-state index contributed by atoms with van der Waals surface area (Å²) < 4.78 is 0.977. The number of nitrogens with zero attached hydrogens (tertiary/aromatic N) is 4. The van der Waals surface area contributed by atoms with Crippen molar-refractivity contribution in [3.05, 3.63) is 10.2 Å². The van der Waals surface area contributed by atoms with Crippen LogP contribution in [0.5, 0.6) is 0 Å². The summed E-state index contributed by atoms with van der Waals surface area (Å²) in [5.41, 5.74) is 1.06. The maximum atomic E-state index is 4.66. The molecule has 2 heterocycles. The molecular weight excluding hydrogens is 294 g/mol. The van der Waals surface area contributed by atoms with Gasteiger partial charge in [0.25, 0.3) is 0 Å². The molecule has 0 amide bonds. The van der Waals surface area contributed by atoms with Crippen molar-refractivity contribution in [2.24, 2.45) is 0 Å². The maximum Gasteiger partial charge on any atom is 0.227 e. The molecule has 0 saturated carbocycles. The number of hydrogen-bond acceptors (Lipinski definition) is 5. The van der Waals surface area contributed by atoms with Crippen LogP contribution >= 0.6 is 15.9 Å². The molecule has 1 fully saturated rings. The Labute approximate surface area is 117 Å². The molecular formula is C12H20BrN5. The highest BCUT2D eigenvalue weighted by Gasteiger charge is 2.19. The summed E-state index contributed by atoms with van der Waals surface area (Å²) in [5, 5.41) is 3.12. The predicted octanol–water partition coefficient (Wildman–Crippen LogP) is 1.59. The maximum absolute atomic E-state index is 4.66. The van der Waals surface area contributed by atoms with Crippen LogP contribution in [0, 0.1) is 0 Å².